The highest BCUT2D eigenvalue weighted by Crippen LogP contribution is 2.49. The van der Waals surface area contributed by atoms with Gasteiger partial charge in [-0.15, -0.1) is 11.8 Å². The smallest absolute Gasteiger partial charge is 0.229 e. The SMILES string of the molecule is CC(C)C1SC(C)(C)C(Oc2ccccc2)N1C(=O)C1CC1. The Morgan fingerprint density at radius 2 is 1.91 bits per heavy atom. The fraction of sp³-hybridized carbons (Fsp3) is 0.611. The van der Waals surface area contributed by atoms with E-state index in [4.69, 9.17) is 4.74 Å². The minimum Gasteiger partial charge on any atom is -0.469 e. The highest BCUT2D eigenvalue weighted by atomic mass is 32.2. The molecule has 2 unspecified atom stereocenters. The van der Waals surface area contributed by atoms with Crippen LogP contribution >= 0.6 is 11.8 Å². The molecule has 0 N–H and O–H groups in total. The van der Waals surface area contributed by atoms with Gasteiger partial charge in [-0.25, -0.2) is 0 Å². The molecule has 1 aliphatic heterocycles. The third kappa shape index (κ3) is 2.98. The highest BCUT2D eigenvalue weighted by molar-refractivity contribution is 8.01. The van der Waals surface area contributed by atoms with Crippen molar-refractivity contribution in [3.8, 4) is 5.75 Å². The zero-order valence-corrected chi connectivity index (χ0v) is 14.6. The Labute approximate surface area is 137 Å². The lowest BCUT2D eigenvalue weighted by Gasteiger charge is -2.34. The van der Waals surface area contributed by atoms with Crippen molar-refractivity contribution < 1.29 is 9.53 Å². The van der Waals surface area contributed by atoms with Crippen LogP contribution in [0.3, 0.4) is 0 Å². The van der Waals surface area contributed by atoms with Gasteiger partial charge >= 0.3 is 0 Å². The zero-order valence-electron chi connectivity index (χ0n) is 13.8. The van der Waals surface area contributed by atoms with Crippen LogP contribution in [0.25, 0.3) is 0 Å². The summed E-state index contributed by atoms with van der Waals surface area (Å²) in [5, 5.41) is 0.191. The maximum absolute atomic E-state index is 12.8. The molecule has 120 valence electrons. The topological polar surface area (TPSA) is 29.5 Å². The summed E-state index contributed by atoms with van der Waals surface area (Å²) in [6.45, 7) is 8.74. The molecule has 22 heavy (non-hydrogen) atoms. The molecule has 2 atom stereocenters. The Morgan fingerprint density at radius 3 is 2.45 bits per heavy atom. The van der Waals surface area contributed by atoms with Crippen LogP contribution in [-0.2, 0) is 4.79 Å². The number of benzene rings is 1. The van der Waals surface area contributed by atoms with Gasteiger partial charge in [-0.2, -0.15) is 0 Å². The van der Waals surface area contributed by atoms with E-state index < -0.39 is 0 Å². The predicted molar refractivity (Wildman–Crippen MR) is 90.7 cm³/mol. The number of ether oxygens (including phenoxy) is 1. The summed E-state index contributed by atoms with van der Waals surface area (Å²) in [6.07, 6.45) is 1.85. The third-order valence-corrected chi connectivity index (χ3v) is 6.11. The van der Waals surface area contributed by atoms with Crippen LogP contribution in [0, 0.1) is 11.8 Å². The lowest BCUT2D eigenvalue weighted by molar-refractivity contribution is -0.143. The number of amides is 1. The van der Waals surface area contributed by atoms with E-state index in [0.717, 1.165) is 18.6 Å². The molecule has 0 spiro atoms. The molecule has 1 aromatic carbocycles. The van der Waals surface area contributed by atoms with Crippen molar-refractivity contribution in [2.24, 2.45) is 11.8 Å². The molecule has 3 rings (SSSR count). The van der Waals surface area contributed by atoms with Crippen LogP contribution in [0.2, 0.25) is 0 Å². The Morgan fingerprint density at radius 1 is 1.27 bits per heavy atom. The molecule has 2 fully saturated rings. The van der Waals surface area contributed by atoms with E-state index >= 15 is 0 Å². The molecule has 3 nitrogen and oxygen atoms in total. The van der Waals surface area contributed by atoms with Gasteiger partial charge < -0.3 is 4.74 Å². The highest BCUT2D eigenvalue weighted by Gasteiger charge is 2.54. The summed E-state index contributed by atoms with van der Waals surface area (Å²) >= 11 is 1.86. The van der Waals surface area contributed by atoms with Crippen LogP contribution in [0.4, 0.5) is 0 Å². The summed E-state index contributed by atoms with van der Waals surface area (Å²) < 4.78 is 6.15. The summed E-state index contributed by atoms with van der Waals surface area (Å²) in [7, 11) is 0. The second-order valence-corrected chi connectivity index (χ2v) is 8.93. The Kier molecular flexibility index (Phi) is 4.15. The minimum absolute atomic E-state index is 0.116. The lowest BCUT2D eigenvalue weighted by atomic mass is 10.1. The molecule has 0 radical (unpaired) electrons. The molecule has 1 heterocycles. The number of carbonyl (C=O) groups is 1. The first-order valence-corrected chi connectivity index (χ1v) is 9.00. The van der Waals surface area contributed by atoms with E-state index in [9.17, 15) is 4.79 Å². The first-order chi connectivity index (χ1) is 10.4. The van der Waals surface area contributed by atoms with E-state index in [1.54, 1.807) is 0 Å². The minimum atomic E-state index is -0.208. The standard InChI is InChI=1S/C18H25NO2S/c1-12(2)16-19(15(20)13-10-11-13)17(18(3,4)22-16)21-14-8-6-5-7-9-14/h5-9,12-13,16-17H,10-11H2,1-4H3. The van der Waals surface area contributed by atoms with E-state index in [-0.39, 0.29) is 28.2 Å². The third-order valence-electron chi connectivity index (χ3n) is 4.29. The largest absolute Gasteiger partial charge is 0.469 e. The molecule has 1 amide bonds. The van der Waals surface area contributed by atoms with Gasteiger partial charge in [-0.1, -0.05) is 32.0 Å². The first-order valence-electron chi connectivity index (χ1n) is 8.12. The lowest BCUT2D eigenvalue weighted by Crippen LogP contribution is -2.50. The average Bonchev–Trinajstić information content (AvgIpc) is 3.27. The van der Waals surface area contributed by atoms with Crippen LogP contribution < -0.4 is 4.74 Å². The molecule has 0 bridgehead atoms. The Bertz CT molecular complexity index is 539. The molecule has 2 aliphatic rings. The number of nitrogens with zero attached hydrogens (tertiary/aromatic N) is 1. The van der Waals surface area contributed by atoms with E-state index in [1.807, 2.05) is 47.0 Å². The van der Waals surface area contributed by atoms with Gasteiger partial charge in [0, 0.05) is 5.92 Å². The van der Waals surface area contributed by atoms with Crippen LogP contribution in [-0.4, -0.2) is 27.2 Å². The van der Waals surface area contributed by atoms with E-state index in [2.05, 4.69) is 27.7 Å². The number of hydrogen-bond acceptors (Lipinski definition) is 3. The maximum Gasteiger partial charge on any atom is 0.229 e. The van der Waals surface area contributed by atoms with Gasteiger partial charge in [0.15, 0.2) is 6.23 Å². The van der Waals surface area contributed by atoms with E-state index in [0.29, 0.717) is 5.92 Å². The average molecular weight is 319 g/mol. The van der Waals surface area contributed by atoms with Crippen LogP contribution in [0.15, 0.2) is 30.3 Å². The second kappa shape index (κ2) is 5.80. The molecule has 1 aliphatic carbocycles. The van der Waals surface area contributed by atoms with Gasteiger partial charge in [0.05, 0.1) is 10.1 Å². The summed E-state index contributed by atoms with van der Waals surface area (Å²) in [5.41, 5.74) is 0. The van der Waals surface area contributed by atoms with Gasteiger partial charge in [-0.3, -0.25) is 9.69 Å². The van der Waals surface area contributed by atoms with Crippen molar-refractivity contribution in [3.05, 3.63) is 30.3 Å². The van der Waals surface area contributed by atoms with Crippen molar-refractivity contribution >= 4 is 17.7 Å². The summed E-state index contributed by atoms with van der Waals surface area (Å²) in [5.74, 6) is 1.74. The monoisotopic (exact) mass is 319 g/mol. The molecule has 1 aromatic rings. The molecule has 0 aromatic heterocycles. The zero-order chi connectivity index (χ0) is 15.9. The molecular weight excluding hydrogens is 294 g/mol. The van der Waals surface area contributed by atoms with Gasteiger partial charge in [-0.05, 0) is 44.7 Å². The van der Waals surface area contributed by atoms with Crippen LogP contribution in [0.5, 0.6) is 5.75 Å². The molecule has 4 heteroatoms. The first kappa shape index (κ1) is 15.7. The number of carbonyl (C=O) groups excluding carboxylic acids is 1. The normalized spacial score (nSPS) is 27.2. The Balaban J connectivity index is 1.89. The summed E-state index contributed by atoms with van der Waals surface area (Å²) in [4.78, 5) is 14.9. The van der Waals surface area contributed by atoms with E-state index in [1.165, 1.54) is 0 Å². The molecule has 1 saturated heterocycles. The number of thioether (sulfide) groups is 1. The molecular formula is C18H25NO2S. The summed E-state index contributed by atoms with van der Waals surface area (Å²) in [6, 6.07) is 9.84. The van der Waals surface area contributed by atoms with Crippen molar-refractivity contribution in [1.29, 1.82) is 0 Å². The van der Waals surface area contributed by atoms with Crippen LogP contribution in [0.1, 0.15) is 40.5 Å². The number of rotatable bonds is 4. The van der Waals surface area contributed by atoms with Crippen molar-refractivity contribution in [2.75, 3.05) is 0 Å². The second-order valence-electron chi connectivity index (χ2n) is 7.16. The molecule has 1 saturated carbocycles. The van der Waals surface area contributed by atoms with Gasteiger partial charge in [0.25, 0.3) is 0 Å². The van der Waals surface area contributed by atoms with Crippen molar-refractivity contribution in [1.82, 2.24) is 4.90 Å². The quantitative estimate of drug-likeness (QED) is 0.835. The fourth-order valence-corrected chi connectivity index (χ4v) is 4.46. The predicted octanol–water partition coefficient (Wildman–Crippen LogP) is 4.14. The number of para-hydroxylation sites is 1. The Hall–Kier alpha value is -1.16. The number of hydrogen-bond donors (Lipinski definition) is 0. The van der Waals surface area contributed by atoms with Crippen molar-refractivity contribution in [3.63, 3.8) is 0 Å². The van der Waals surface area contributed by atoms with Crippen molar-refractivity contribution in [2.45, 2.75) is 56.9 Å². The van der Waals surface area contributed by atoms with Gasteiger partial charge in [0.2, 0.25) is 5.91 Å². The maximum atomic E-state index is 12.8. The fourth-order valence-electron chi connectivity index (χ4n) is 2.96. The van der Waals surface area contributed by atoms with Gasteiger partial charge in [0.1, 0.15) is 5.75 Å².